The minimum atomic E-state index is -0.580. The standard InChI is InChI=1S/C22H21NO5/c24-17(12-4-2-1-3-5-12)11-28-18(25)8-9-23-21(26)19-13-6-7-14(16-10-15(13)16)20(19)22(23)27/h1-7,13-16,19-20H,8-11H2/t13-,14-,15-,16+,19+,20+/m1/s1. The molecule has 6 atom stereocenters. The Morgan fingerprint density at radius 3 is 2.18 bits per heavy atom. The lowest BCUT2D eigenvalue weighted by molar-refractivity contribution is -0.145. The van der Waals surface area contributed by atoms with E-state index in [0.29, 0.717) is 17.4 Å². The summed E-state index contributed by atoms with van der Waals surface area (Å²) in [6.07, 6.45) is 5.28. The minimum absolute atomic E-state index is 0.0256. The van der Waals surface area contributed by atoms with Crippen molar-refractivity contribution in [2.45, 2.75) is 12.8 Å². The number of esters is 1. The zero-order valence-corrected chi connectivity index (χ0v) is 15.3. The van der Waals surface area contributed by atoms with Crippen LogP contribution in [0.25, 0.3) is 0 Å². The Labute approximate surface area is 162 Å². The van der Waals surface area contributed by atoms with Crippen molar-refractivity contribution in [3.8, 4) is 0 Å². The fourth-order valence-electron chi connectivity index (χ4n) is 5.37. The molecule has 2 bridgehead atoms. The monoisotopic (exact) mass is 379 g/mol. The second kappa shape index (κ2) is 6.40. The van der Waals surface area contributed by atoms with E-state index in [1.165, 1.54) is 4.90 Å². The molecule has 0 N–H and O–H groups in total. The fraction of sp³-hybridized carbons (Fsp3) is 0.455. The van der Waals surface area contributed by atoms with E-state index in [-0.39, 0.29) is 60.8 Å². The van der Waals surface area contributed by atoms with Gasteiger partial charge in [0.25, 0.3) is 0 Å². The Balaban J connectivity index is 1.16. The highest BCUT2D eigenvalue weighted by Gasteiger charge is 2.66. The second-order valence-corrected chi connectivity index (χ2v) is 8.18. The van der Waals surface area contributed by atoms with Gasteiger partial charge in [0.2, 0.25) is 11.8 Å². The Bertz CT molecular complexity index is 855. The predicted molar refractivity (Wildman–Crippen MR) is 97.8 cm³/mol. The molecule has 1 saturated heterocycles. The first-order valence-corrected chi connectivity index (χ1v) is 9.83. The van der Waals surface area contributed by atoms with Gasteiger partial charge in [-0.25, -0.2) is 0 Å². The highest BCUT2D eigenvalue weighted by atomic mass is 16.5. The molecule has 0 spiro atoms. The number of amides is 2. The molecule has 28 heavy (non-hydrogen) atoms. The number of carbonyl (C=O) groups is 4. The van der Waals surface area contributed by atoms with E-state index < -0.39 is 5.97 Å². The zero-order chi connectivity index (χ0) is 19.4. The Kier molecular flexibility index (Phi) is 3.96. The average molecular weight is 379 g/mol. The molecule has 3 fully saturated rings. The highest BCUT2D eigenvalue weighted by molar-refractivity contribution is 6.06. The molecular formula is C22H21NO5. The number of ketones is 1. The first-order chi connectivity index (χ1) is 13.6. The first kappa shape index (κ1) is 17.3. The lowest BCUT2D eigenvalue weighted by Gasteiger charge is -2.37. The van der Waals surface area contributed by atoms with Crippen molar-refractivity contribution in [2.75, 3.05) is 13.2 Å². The Hall–Kier alpha value is -2.76. The van der Waals surface area contributed by atoms with Gasteiger partial charge in [0, 0.05) is 12.1 Å². The summed E-state index contributed by atoms with van der Waals surface area (Å²) in [7, 11) is 0. The number of Topliss-reactive ketones (excluding diaryl/α,β-unsaturated/α-hetero) is 1. The predicted octanol–water partition coefficient (Wildman–Crippen LogP) is 1.86. The van der Waals surface area contributed by atoms with Gasteiger partial charge < -0.3 is 4.74 Å². The van der Waals surface area contributed by atoms with Gasteiger partial charge in [-0.3, -0.25) is 24.1 Å². The first-order valence-electron chi connectivity index (χ1n) is 9.83. The molecule has 6 rings (SSSR count). The maximum absolute atomic E-state index is 12.8. The maximum atomic E-state index is 12.8. The summed E-state index contributed by atoms with van der Waals surface area (Å²) in [4.78, 5) is 50.9. The van der Waals surface area contributed by atoms with Crippen LogP contribution in [0.3, 0.4) is 0 Å². The molecule has 6 heteroatoms. The lowest BCUT2D eigenvalue weighted by atomic mass is 9.63. The Morgan fingerprint density at radius 2 is 1.57 bits per heavy atom. The highest BCUT2D eigenvalue weighted by Crippen LogP contribution is 2.65. The van der Waals surface area contributed by atoms with Crippen molar-refractivity contribution in [3.05, 3.63) is 48.0 Å². The fourth-order valence-corrected chi connectivity index (χ4v) is 5.37. The molecule has 5 aliphatic rings. The van der Waals surface area contributed by atoms with Gasteiger partial charge in [-0.1, -0.05) is 42.5 Å². The number of imide groups is 1. The van der Waals surface area contributed by atoms with Gasteiger partial charge >= 0.3 is 5.97 Å². The number of hydrogen-bond acceptors (Lipinski definition) is 5. The van der Waals surface area contributed by atoms with E-state index in [0.717, 1.165) is 6.42 Å². The van der Waals surface area contributed by atoms with E-state index in [9.17, 15) is 19.2 Å². The average Bonchev–Trinajstić information content (AvgIpc) is 3.50. The molecule has 2 saturated carbocycles. The van der Waals surface area contributed by atoms with Crippen LogP contribution in [-0.2, 0) is 19.1 Å². The lowest BCUT2D eigenvalue weighted by Crippen LogP contribution is -2.40. The normalized spacial score (nSPS) is 34.2. The number of benzene rings is 1. The topological polar surface area (TPSA) is 80.8 Å². The molecule has 4 aliphatic carbocycles. The number of hydrogen-bond donors (Lipinski definition) is 0. The summed E-state index contributed by atoms with van der Waals surface area (Å²) in [5.74, 6) is -0.180. The molecule has 2 amide bonds. The molecule has 0 unspecified atom stereocenters. The summed E-state index contributed by atoms with van der Waals surface area (Å²) in [5.41, 5.74) is 0.478. The summed E-state index contributed by atoms with van der Waals surface area (Å²) >= 11 is 0. The number of carbonyl (C=O) groups excluding carboxylic acids is 4. The van der Waals surface area contributed by atoms with Gasteiger partial charge in [-0.05, 0) is 30.1 Å². The van der Waals surface area contributed by atoms with Crippen molar-refractivity contribution in [1.29, 1.82) is 0 Å². The largest absolute Gasteiger partial charge is 0.457 e. The van der Waals surface area contributed by atoms with Crippen molar-refractivity contribution in [1.82, 2.24) is 4.90 Å². The van der Waals surface area contributed by atoms with E-state index in [4.69, 9.17) is 4.74 Å². The number of likely N-dealkylation sites (tertiary alicyclic amines) is 1. The van der Waals surface area contributed by atoms with Crippen LogP contribution in [0.4, 0.5) is 0 Å². The summed E-state index contributed by atoms with van der Waals surface area (Å²) < 4.78 is 5.04. The zero-order valence-electron chi connectivity index (χ0n) is 15.3. The second-order valence-electron chi connectivity index (χ2n) is 8.18. The molecule has 1 aromatic rings. The van der Waals surface area contributed by atoms with Gasteiger partial charge in [0.15, 0.2) is 12.4 Å². The number of allylic oxidation sites excluding steroid dienone is 2. The molecule has 144 valence electrons. The molecule has 0 aromatic heterocycles. The van der Waals surface area contributed by atoms with Crippen molar-refractivity contribution < 1.29 is 23.9 Å². The molecule has 0 radical (unpaired) electrons. The molecule has 6 nitrogen and oxygen atoms in total. The number of rotatable bonds is 6. The van der Waals surface area contributed by atoms with Crippen LogP contribution >= 0.6 is 0 Å². The van der Waals surface area contributed by atoms with Crippen LogP contribution in [0.2, 0.25) is 0 Å². The molecule has 1 aliphatic heterocycles. The van der Waals surface area contributed by atoms with Gasteiger partial charge in [-0.15, -0.1) is 0 Å². The number of nitrogens with zero attached hydrogens (tertiary/aromatic N) is 1. The van der Waals surface area contributed by atoms with Crippen LogP contribution in [0.15, 0.2) is 42.5 Å². The summed E-state index contributed by atoms with van der Waals surface area (Å²) in [6, 6.07) is 8.60. The smallest absolute Gasteiger partial charge is 0.308 e. The van der Waals surface area contributed by atoms with E-state index in [1.807, 2.05) is 0 Å². The van der Waals surface area contributed by atoms with Crippen molar-refractivity contribution in [3.63, 3.8) is 0 Å². The minimum Gasteiger partial charge on any atom is -0.457 e. The third-order valence-corrected chi connectivity index (χ3v) is 6.75. The number of ether oxygens (including phenoxy) is 1. The van der Waals surface area contributed by atoms with E-state index >= 15 is 0 Å². The van der Waals surface area contributed by atoms with Crippen LogP contribution in [0.5, 0.6) is 0 Å². The van der Waals surface area contributed by atoms with Gasteiger partial charge in [-0.2, -0.15) is 0 Å². The van der Waals surface area contributed by atoms with Crippen LogP contribution in [-0.4, -0.2) is 41.6 Å². The summed E-state index contributed by atoms with van der Waals surface area (Å²) in [6.45, 7) is -0.314. The van der Waals surface area contributed by atoms with E-state index in [1.54, 1.807) is 30.3 Å². The van der Waals surface area contributed by atoms with Crippen LogP contribution in [0, 0.1) is 35.5 Å². The molecule has 1 heterocycles. The molecule has 1 aromatic carbocycles. The quantitative estimate of drug-likeness (QED) is 0.326. The maximum Gasteiger partial charge on any atom is 0.308 e. The van der Waals surface area contributed by atoms with E-state index in [2.05, 4.69) is 12.2 Å². The van der Waals surface area contributed by atoms with Gasteiger partial charge in [0.1, 0.15) is 0 Å². The van der Waals surface area contributed by atoms with Crippen LogP contribution < -0.4 is 0 Å². The summed E-state index contributed by atoms with van der Waals surface area (Å²) in [5, 5.41) is 0. The van der Waals surface area contributed by atoms with Crippen molar-refractivity contribution >= 4 is 23.6 Å². The third kappa shape index (κ3) is 2.62. The van der Waals surface area contributed by atoms with Gasteiger partial charge in [0.05, 0.1) is 18.3 Å². The SMILES string of the molecule is O=C(CCN1C(=O)[C@H]2[C@@H]3C=C[C@H]([C@@H]4C[C@H]34)[C@@H]2C1=O)OCC(=O)c1ccccc1. The Morgan fingerprint density at radius 1 is 0.964 bits per heavy atom. The third-order valence-electron chi connectivity index (χ3n) is 6.75. The van der Waals surface area contributed by atoms with Crippen molar-refractivity contribution in [2.24, 2.45) is 35.5 Å². The molecular weight excluding hydrogens is 358 g/mol. The van der Waals surface area contributed by atoms with Crippen LogP contribution in [0.1, 0.15) is 23.2 Å².